The van der Waals surface area contributed by atoms with Gasteiger partial charge < -0.3 is 14.6 Å². The molecule has 0 aromatic carbocycles. The van der Waals surface area contributed by atoms with E-state index < -0.39 is 17.7 Å². The van der Waals surface area contributed by atoms with Gasteiger partial charge in [-0.15, -0.1) is 0 Å². The van der Waals surface area contributed by atoms with Crippen molar-refractivity contribution in [1.29, 1.82) is 0 Å². The molecule has 1 aliphatic heterocycles. The maximum Gasteiger partial charge on any atom is 0.255 e. The van der Waals surface area contributed by atoms with Crippen molar-refractivity contribution in [1.82, 2.24) is 10.2 Å². The van der Waals surface area contributed by atoms with Gasteiger partial charge in [-0.3, -0.25) is 9.59 Å². The van der Waals surface area contributed by atoms with Crippen LogP contribution in [0.2, 0.25) is 0 Å². The number of piperidine rings is 1. The zero-order valence-electron chi connectivity index (χ0n) is 15.6. The van der Waals surface area contributed by atoms with Crippen LogP contribution >= 0.6 is 0 Å². The van der Waals surface area contributed by atoms with Gasteiger partial charge in [0, 0.05) is 32.0 Å². The Bertz CT molecular complexity index is 741. The van der Waals surface area contributed by atoms with Gasteiger partial charge in [0.05, 0.1) is 17.7 Å². The topological polar surface area (TPSA) is 62.6 Å². The Morgan fingerprint density at radius 1 is 1.30 bits per heavy atom. The molecule has 1 N–H and O–H groups in total. The second kappa shape index (κ2) is 6.60. The lowest BCUT2D eigenvalue weighted by atomic mass is 9.88. The number of aryl methyl sites for hydroxylation is 1. The summed E-state index contributed by atoms with van der Waals surface area (Å²) in [5, 5.41) is 2.59. The van der Waals surface area contributed by atoms with Gasteiger partial charge >= 0.3 is 0 Å². The molecule has 7 heteroatoms. The predicted molar refractivity (Wildman–Crippen MR) is 94.4 cm³/mol. The summed E-state index contributed by atoms with van der Waals surface area (Å²) in [6.07, 6.45) is 6.28. The van der Waals surface area contributed by atoms with Crippen molar-refractivity contribution in [2.75, 3.05) is 19.6 Å². The fourth-order valence-corrected chi connectivity index (χ4v) is 4.83. The molecule has 2 saturated carbocycles. The first-order valence-electron chi connectivity index (χ1n) is 9.81. The first kappa shape index (κ1) is 18.4. The van der Waals surface area contributed by atoms with Crippen LogP contribution in [0.1, 0.15) is 54.6 Å². The predicted octanol–water partition coefficient (Wildman–Crippen LogP) is 3.38. The monoisotopic (exact) mass is 380 g/mol. The van der Waals surface area contributed by atoms with E-state index in [9.17, 15) is 18.4 Å². The third-order valence-corrected chi connectivity index (χ3v) is 6.77. The average Bonchev–Trinajstić information content (AvgIpc) is 3.07. The smallest absolute Gasteiger partial charge is 0.255 e. The molecule has 2 unspecified atom stereocenters. The molecule has 2 heterocycles. The highest BCUT2D eigenvalue weighted by molar-refractivity contribution is 5.95. The van der Waals surface area contributed by atoms with Crippen LogP contribution in [0.3, 0.4) is 0 Å². The number of rotatable bonds is 4. The molecule has 4 rings (SSSR count). The van der Waals surface area contributed by atoms with Crippen LogP contribution in [0.4, 0.5) is 8.78 Å². The number of nitrogens with one attached hydrogen (secondary N) is 1. The van der Waals surface area contributed by atoms with Crippen LogP contribution < -0.4 is 5.32 Å². The number of nitrogens with zero attached hydrogens (tertiary/aromatic N) is 1. The lowest BCUT2D eigenvalue weighted by Crippen LogP contribution is -2.54. The van der Waals surface area contributed by atoms with E-state index in [1.807, 2.05) is 0 Å². The molecule has 1 saturated heterocycles. The molecule has 3 aliphatic rings. The number of carbonyl (C=O) groups excluding carboxylic acids is 2. The fourth-order valence-electron chi connectivity index (χ4n) is 4.83. The van der Waals surface area contributed by atoms with Crippen molar-refractivity contribution in [3.05, 3.63) is 23.7 Å². The first-order valence-corrected chi connectivity index (χ1v) is 9.81. The largest absolute Gasteiger partial charge is 0.469 e. The van der Waals surface area contributed by atoms with Gasteiger partial charge in [0.15, 0.2) is 0 Å². The zero-order chi connectivity index (χ0) is 19.2. The highest BCUT2D eigenvalue weighted by Gasteiger charge is 2.56. The van der Waals surface area contributed by atoms with Crippen LogP contribution in [0.15, 0.2) is 16.7 Å². The highest BCUT2D eigenvalue weighted by atomic mass is 19.3. The second-order valence-corrected chi connectivity index (χ2v) is 8.40. The Morgan fingerprint density at radius 3 is 2.74 bits per heavy atom. The number of hydrogen-bond donors (Lipinski definition) is 1. The normalized spacial score (nSPS) is 28.3. The summed E-state index contributed by atoms with van der Waals surface area (Å²) < 4.78 is 33.9. The quantitative estimate of drug-likeness (QED) is 0.871. The van der Waals surface area contributed by atoms with Crippen LogP contribution in [0.25, 0.3) is 0 Å². The Balaban J connectivity index is 1.39. The Morgan fingerprint density at radius 2 is 2.07 bits per heavy atom. The minimum Gasteiger partial charge on any atom is -0.469 e. The molecule has 1 spiro atoms. The molecule has 1 aromatic heterocycles. The number of amides is 2. The molecule has 0 radical (unpaired) electrons. The molecular weight excluding hydrogens is 354 g/mol. The summed E-state index contributed by atoms with van der Waals surface area (Å²) in [4.78, 5) is 26.8. The number of likely N-dealkylation sites (tertiary alicyclic amines) is 1. The van der Waals surface area contributed by atoms with Crippen molar-refractivity contribution >= 4 is 11.8 Å². The maximum absolute atomic E-state index is 14.4. The van der Waals surface area contributed by atoms with Gasteiger partial charge in [-0.25, -0.2) is 8.78 Å². The summed E-state index contributed by atoms with van der Waals surface area (Å²) in [5.41, 5.74) is 0.517. The molecule has 1 aromatic rings. The number of furan rings is 1. The number of halogens is 2. The van der Waals surface area contributed by atoms with Gasteiger partial charge in [0.2, 0.25) is 5.91 Å². The van der Waals surface area contributed by atoms with Crippen LogP contribution in [0.5, 0.6) is 0 Å². The molecule has 2 atom stereocenters. The van der Waals surface area contributed by atoms with Gasteiger partial charge in [-0.2, -0.15) is 0 Å². The van der Waals surface area contributed by atoms with E-state index in [2.05, 4.69) is 5.32 Å². The standard InChI is InChI=1S/C20H26F2N2O3/c1-13-15(4-10-27-13)17(25)23-11-14-12-24(9-8-20(14,21)22)18(26)16-3-2-5-19(16)6-7-19/h4,10,14,16H,2-3,5-9,11-12H2,1H3,(H,23,25). The van der Waals surface area contributed by atoms with Crippen LogP contribution in [-0.4, -0.2) is 42.3 Å². The number of alkyl halides is 2. The summed E-state index contributed by atoms with van der Waals surface area (Å²) in [6, 6.07) is 1.52. The summed E-state index contributed by atoms with van der Waals surface area (Å²) in [5.74, 6) is -3.87. The molecule has 5 nitrogen and oxygen atoms in total. The van der Waals surface area contributed by atoms with Crippen LogP contribution in [0, 0.1) is 24.2 Å². The van der Waals surface area contributed by atoms with Crippen LogP contribution in [-0.2, 0) is 4.79 Å². The van der Waals surface area contributed by atoms with Gasteiger partial charge in [-0.1, -0.05) is 6.42 Å². The number of hydrogen-bond acceptors (Lipinski definition) is 3. The molecule has 2 amide bonds. The second-order valence-electron chi connectivity index (χ2n) is 8.40. The molecule has 2 aliphatic carbocycles. The molecule has 0 bridgehead atoms. The third-order valence-electron chi connectivity index (χ3n) is 6.77. The fraction of sp³-hybridized carbons (Fsp3) is 0.700. The van der Waals surface area contributed by atoms with E-state index in [-0.39, 0.29) is 43.3 Å². The molecule has 3 fully saturated rings. The van der Waals surface area contributed by atoms with E-state index in [4.69, 9.17) is 4.42 Å². The molecule has 148 valence electrons. The SMILES string of the molecule is Cc1occc1C(=O)NCC1CN(C(=O)C2CCCC23CC3)CCC1(F)F. The van der Waals surface area contributed by atoms with Crippen molar-refractivity contribution in [3.8, 4) is 0 Å². The minimum absolute atomic E-state index is 0.00304. The average molecular weight is 380 g/mol. The highest BCUT2D eigenvalue weighted by Crippen LogP contribution is 2.61. The Hall–Kier alpha value is -1.92. The van der Waals surface area contributed by atoms with Crippen molar-refractivity contribution in [2.24, 2.45) is 17.3 Å². The maximum atomic E-state index is 14.4. The van der Waals surface area contributed by atoms with E-state index in [1.54, 1.807) is 11.8 Å². The van der Waals surface area contributed by atoms with Crippen molar-refractivity contribution in [3.63, 3.8) is 0 Å². The Kier molecular flexibility index (Phi) is 4.51. The van der Waals surface area contributed by atoms with E-state index in [1.165, 1.54) is 12.3 Å². The van der Waals surface area contributed by atoms with Gasteiger partial charge in [0.1, 0.15) is 5.76 Å². The van der Waals surface area contributed by atoms with E-state index in [0.29, 0.717) is 11.3 Å². The number of carbonyl (C=O) groups is 2. The van der Waals surface area contributed by atoms with Crippen molar-refractivity contribution in [2.45, 2.75) is 51.4 Å². The summed E-state index contributed by atoms with van der Waals surface area (Å²) in [6.45, 7) is 1.60. The minimum atomic E-state index is -2.89. The van der Waals surface area contributed by atoms with E-state index >= 15 is 0 Å². The van der Waals surface area contributed by atoms with Gasteiger partial charge in [-0.05, 0) is 44.1 Å². The molecule has 27 heavy (non-hydrogen) atoms. The third kappa shape index (κ3) is 3.36. The van der Waals surface area contributed by atoms with E-state index in [0.717, 1.165) is 32.1 Å². The zero-order valence-corrected chi connectivity index (χ0v) is 15.6. The van der Waals surface area contributed by atoms with Gasteiger partial charge in [0.25, 0.3) is 11.8 Å². The molecular formula is C20H26F2N2O3. The first-order chi connectivity index (χ1) is 12.8. The lowest BCUT2D eigenvalue weighted by molar-refractivity contribution is -0.150. The lowest BCUT2D eigenvalue weighted by Gasteiger charge is -2.40. The van der Waals surface area contributed by atoms with Crippen molar-refractivity contribution < 1.29 is 22.8 Å². The summed E-state index contributed by atoms with van der Waals surface area (Å²) >= 11 is 0. The summed E-state index contributed by atoms with van der Waals surface area (Å²) in [7, 11) is 0. The Labute approximate surface area is 157 Å².